The smallest absolute Gasteiger partial charge is 0.310 e. The van der Waals surface area contributed by atoms with E-state index >= 15 is 0 Å². The number of ether oxygens (including phenoxy) is 1. The molecular formula is C13H18N2O3. The van der Waals surface area contributed by atoms with Crippen LogP contribution in [0.15, 0.2) is 24.3 Å². The first kappa shape index (κ1) is 12.8. The third-order valence-corrected chi connectivity index (χ3v) is 3.20. The summed E-state index contributed by atoms with van der Waals surface area (Å²) in [5.74, 6) is 0.360. The molecule has 1 aliphatic rings. The molecule has 1 aromatic carbocycles. The molecule has 2 rings (SSSR count). The molecule has 0 amide bonds. The van der Waals surface area contributed by atoms with Gasteiger partial charge in [0.2, 0.25) is 0 Å². The number of nitrogens with zero attached hydrogens (tertiary/aromatic N) is 1. The van der Waals surface area contributed by atoms with Crippen LogP contribution in [0.25, 0.3) is 0 Å². The molecular weight excluding hydrogens is 232 g/mol. The molecule has 0 saturated carbocycles. The number of hydrogen-bond acceptors (Lipinski definition) is 4. The first-order chi connectivity index (χ1) is 8.77. The Bertz CT molecular complexity index is 403. The van der Waals surface area contributed by atoms with E-state index in [4.69, 9.17) is 4.74 Å². The van der Waals surface area contributed by atoms with Crippen molar-refractivity contribution >= 4 is 5.69 Å². The van der Waals surface area contributed by atoms with E-state index in [1.54, 1.807) is 18.2 Å². The SMILES string of the molecule is O=[N+]([O-])c1ccccc1OCCC1CCCCN1. The summed E-state index contributed by atoms with van der Waals surface area (Å²) in [5, 5.41) is 14.2. The second kappa shape index (κ2) is 6.35. The van der Waals surface area contributed by atoms with Crippen molar-refractivity contribution in [2.75, 3.05) is 13.2 Å². The Hall–Kier alpha value is -1.62. The molecule has 1 saturated heterocycles. The molecule has 0 bridgehead atoms. The average Bonchev–Trinajstić information content (AvgIpc) is 2.40. The Morgan fingerprint density at radius 3 is 2.94 bits per heavy atom. The van der Waals surface area contributed by atoms with Gasteiger partial charge in [-0.3, -0.25) is 10.1 Å². The predicted molar refractivity (Wildman–Crippen MR) is 68.9 cm³/mol. The van der Waals surface area contributed by atoms with E-state index in [0.29, 0.717) is 18.4 Å². The molecule has 5 nitrogen and oxygen atoms in total. The van der Waals surface area contributed by atoms with Crippen LogP contribution in [0.2, 0.25) is 0 Å². The highest BCUT2D eigenvalue weighted by Crippen LogP contribution is 2.26. The van der Waals surface area contributed by atoms with Crippen LogP contribution in [-0.4, -0.2) is 24.1 Å². The van der Waals surface area contributed by atoms with Crippen molar-refractivity contribution in [2.24, 2.45) is 0 Å². The molecule has 98 valence electrons. The highest BCUT2D eigenvalue weighted by molar-refractivity contribution is 5.45. The fourth-order valence-corrected chi connectivity index (χ4v) is 2.21. The number of para-hydroxylation sites is 2. The minimum atomic E-state index is -0.409. The minimum absolute atomic E-state index is 0.0362. The van der Waals surface area contributed by atoms with Crippen LogP contribution >= 0.6 is 0 Å². The Kier molecular flexibility index (Phi) is 4.52. The summed E-state index contributed by atoms with van der Waals surface area (Å²) in [4.78, 5) is 10.4. The molecule has 1 aromatic rings. The van der Waals surface area contributed by atoms with Crippen LogP contribution in [0.3, 0.4) is 0 Å². The molecule has 18 heavy (non-hydrogen) atoms. The Morgan fingerprint density at radius 1 is 1.39 bits per heavy atom. The van der Waals surface area contributed by atoms with Gasteiger partial charge >= 0.3 is 5.69 Å². The average molecular weight is 250 g/mol. The lowest BCUT2D eigenvalue weighted by molar-refractivity contribution is -0.385. The monoisotopic (exact) mass is 250 g/mol. The van der Waals surface area contributed by atoms with E-state index in [-0.39, 0.29) is 5.69 Å². The molecule has 0 aliphatic carbocycles. The van der Waals surface area contributed by atoms with Crippen molar-refractivity contribution in [1.29, 1.82) is 0 Å². The molecule has 1 unspecified atom stereocenters. The highest BCUT2D eigenvalue weighted by atomic mass is 16.6. The van der Waals surface area contributed by atoms with Gasteiger partial charge in [0.25, 0.3) is 0 Å². The predicted octanol–water partition coefficient (Wildman–Crippen LogP) is 2.51. The minimum Gasteiger partial charge on any atom is -0.487 e. The van der Waals surface area contributed by atoms with Gasteiger partial charge in [-0.05, 0) is 31.9 Å². The number of nitro benzene ring substituents is 1. The quantitative estimate of drug-likeness (QED) is 0.644. The zero-order valence-corrected chi connectivity index (χ0v) is 10.3. The number of rotatable bonds is 5. The second-order valence-electron chi connectivity index (χ2n) is 4.51. The summed E-state index contributed by atoms with van der Waals surface area (Å²) < 4.78 is 5.52. The fourth-order valence-electron chi connectivity index (χ4n) is 2.21. The highest BCUT2D eigenvalue weighted by Gasteiger charge is 2.15. The molecule has 1 fully saturated rings. The Balaban J connectivity index is 1.84. The van der Waals surface area contributed by atoms with Crippen LogP contribution in [0.1, 0.15) is 25.7 Å². The maximum absolute atomic E-state index is 10.8. The van der Waals surface area contributed by atoms with E-state index in [1.165, 1.54) is 25.3 Å². The van der Waals surface area contributed by atoms with E-state index in [9.17, 15) is 10.1 Å². The van der Waals surface area contributed by atoms with Crippen LogP contribution in [0.5, 0.6) is 5.75 Å². The number of piperidine rings is 1. The molecule has 0 aromatic heterocycles. The molecule has 1 aliphatic heterocycles. The van der Waals surface area contributed by atoms with Crippen LogP contribution < -0.4 is 10.1 Å². The van der Waals surface area contributed by atoms with Crippen molar-refractivity contribution in [1.82, 2.24) is 5.32 Å². The zero-order chi connectivity index (χ0) is 12.8. The lowest BCUT2D eigenvalue weighted by Crippen LogP contribution is -2.35. The molecule has 0 radical (unpaired) electrons. The van der Waals surface area contributed by atoms with Gasteiger partial charge in [0.1, 0.15) is 0 Å². The Labute approximate surface area is 106 Å². The van der Waals surface area contributed by atoms with Gasteiger partial charge < -0.3 is 10.1 Å². The largest absolute Gasteiger partial charge is 0.487 e. The van der Waals surface area contributed by atoms with Crippen molar-refractivity contribution in [3.05, 3.63) is 34.4 Å². The normalized spacial score (nSPS) is 19.4. The van der Waals surface area contributed by atoms with Crippen LogP contribution in [0.4, 0.5) is 5.69 Å². The summed E-state index contributed by atoms with van der Waals surface area (Å²) in [6, 6.07) is 7.00. The second-order valence-corrected chi connectivity index (χ2v) is 4.51. The van der Waals surface area contributed by atoms with Gasteiger partial charge in [-0.25, -0.2) is 0 Å². The van der Waals surface area contributed by atoms with Crippen molar-refractivity contribution < 1.29 is 9.66 Å². The number of benzene rings is 1. The third kappa shape index (κ3) is 3.43. The number of hydrogen-bond donors (Lipinski definition) is 1. The molecule has 0 spiro atoms. The fraction of sp³-hybridized carbons (Fsp3) is 0.538. The molecule has 5 heteroatoms. The van der Waals surface area contributed by atoms with Crippen molar-refractivity contribution in [2.45, 2.75) is 31.7 Å². The van der Waals surface area contributed by atoms with E-state index in [1.807, 2.05) is 0 Å². The van der Waals surface area contributed by atoms with Gasteiger partial charge in [0.15, 0.2) is 5.75 Å². The Morgan fingerprint density at radius 2 is 2.22 bits per heavy atom. The van der Waals surface area contributed by atoms with Crippen LogP contribution in [-0.2, 0) is 0 Å². The van der Waals surface area contributed by atoms with Gasteiger partial charge in [0.05, 0.1) is 11.5 Å². The summed E-state index contributed by atoms with van der Waals surface area (Å²) in [7, 11) is 0. The summed E-state index contributed by atoms with van der Waals surface area (Å²) >= 11 is 0. The van der Waals surface area contributed by atoms with Gasteiger partial charge in [-0.2, -0.15) is 0 Å². The molecule has 1 N–H and O–H groups in total. The maximum Gasteiger partial charge on any atom is 0.310 e. The lowest BCUT2D eigenvalue weighted by Gasteiger charge is -2.23. The van der Waals surface area contributed by atoms with Gasteiger partial charge in [0, 0.05) is 12.1 Å². The first-order valence-corrected chi connectivity index (χ1v) is 6.37. The topological polar surface area (TPSA) is 64.4 Å². The summed E-state index contributed by atoms with van der Waals surface area (Å²) in [5.41, 5.74) is 0.0362. The first-order valence-electron chi connectivity index (χ1n) is 6.37. The summed E-state index contributed by atoms with van der Waals surface area (Å²) in [6.07, 6.45) is 4.55. The van der Waals surface area contributed by atoms with Gasteiger partial charge in [-0.15, -0.1) is 0 Å². The van der Waals surface area contributed by atoms with Crippen LogP contribution in [0, 0.1) is 10.1 Å². The lowest BCUT2D eigenvalue weighted by atomic mass is 10.0. The zero-order valence-electron chi connectivity index (χ0n) is 10.3. The molecule has 1 heterocycles. The van der Waals surface area contributed by atoms with E-state index < -0.39 is 4.92 Å². The molecule has 1 atom stereocenters. The third-order valence-electron chi connectivity index (χ3n) is 3.20. The van der Waals surface area contributed by atoms with Crippen molar-refractivity contribution in [3.8, 4) is 5.75 Å². The summed E-state index contributed by atoms with van der Waals surface area (Å²) in [6.45, 7) is 1.58. The van der Waals surface area contributed by atoms with E-state index in [2.05, 4.69) is 5.32 Å². The number of nitro groups is 1. The standard InChI is InChI=1S/C13H18N2O3/c16-15(17)12-6-1-2-7-13(12)18-10-8-11-5-3-4-9-14-11/h1-2,6-7,11,14H,3-5,8-10H2. The van der Waals surface area contributed by atoms with E-state index in [0.717, 1.165) is 13.0 Å². The maximum atomic E-state index is 10.8. The number of nitrogens with one attached hydrogen (secondary N) is 1. The van der Waals surface area contributed by atoms with Gasteiger partial charge in [-0.1, -0.05) is 18.6 Å². The van der Waals surface area contributed by atoms with Crippen molar-refractivity contribution in [3.63, 3.8) is 0 Å².